The fourth-order valence-electron chi connectivity index (χ4n) is 2.08. The molecule has 1 aromatic carbocycles. The highest BCUT2D eigenvalue weighted by Crippen LogP contribution is 2.36. The minimum absolute atomic E-state index is 0.0914. The number of hydrogen-bond donors (Lipinski definition) is 1. The maximum atomic E-state index is 13.4. The van der Waals surface area contributed by atoms with E-state index in [1.54, 1.807) is 0 Å². The highest BCUT2D eigenvalue weighted by molar-refractivity contribution is 6.31. The van der Waals surface area contributed by atoms with Crippen LogP contribution in [0.25, 0.3) is 10.9 Å². The second-order valence-electron chi connectivity index (χ2n) is 4.94. The van der Waals surface area contributed by atoms with E-state index in [-0.39, 0.29) is 21.8 Å². The van der Waals surface area contributed by atoms with Crippen LogP contribution in [-0.2, 0) is 6.18 Å². The summed E-state index contributed by atoms with van der Waals surface area (Å²) in [7, 11) is 0. The SMILES string of the molecule is O=c1[nH]c2ccc(Cl)cc2c(C(F)(F)F)c1C#CC1CC1. The average molecular weight is 312 g/mol. The van der Waals surface area contributed by atoms with E-state index in [0.717, 1.165) is 12.8 Å². The summed E-state index contributed by atoms with van der Waals surface area (Å²) < 4.78 is 40.1. The first-order valence-corrected chi connectivity index (χ1v) is 6.68. The van der Waals surface area contributed by atoms with Crippen molar-refractivity contribution >= 4 is 22.5 Å². The summed E-state index contributed by atoms with van der Waals surface area (Å²) in [5, 5.41) is 0.0239. The molecular weight excluding hydrogens is 303 g/mol. The smallest absolute Gasteiger partial charge is 0.321 e. The fraction of sp³-hybridized carbons (Fsp3) is 0.267. The van der Waals surface area contributed by atoms with Gasteiger partial charge in [0.05, 0.1) is 5.56 Å². The van der Waals surface area contributed by atoms with Crippen molar-refractivity contribution in [3.63, 3.8) is 0 Å². The third-order valence-corrected chi connectivity index (χ3v) is 3.47. The Balaban J connectivity index is 2.37. The summed E-state index contributed by atoms with van der Waals surface area (Å²) in [5.41, 5.74) is -2.29. The van der Waals surface area contributed by atoms with Gasteiger partial charge in [-0.25, -0.2) is 0 Å². The zero-order chi connectivity index (χ0) is 15.2. The van der Waals surface area contributed by atoms with Gasteiger partial charge in [0, 0.05) is 21.8 Å². The van der Waals surface area contributed by atoms with Crippen LogP contribution in [0.5, 0.6) is 0 Å². The molecule has 1 fully saturated rings. The second-order valence-corrected chi connectivity index (χ2v) is 5.37. The van der Waals surface area contributed by atoms with Crippen molar-refractivity contribution in [3.8, 4) is 11.8 Å². The first-order valence-electron chi connectivity index (χ1n) is 6.30. The van der Waals surface area contributed by atoms with Gasteiger partial charge < -0.3 is 4.98 Å². The van der Waals surface area contributed by atoms with Crippen LogP contribution in [0.4, 0.5) is 13.2 Å². The number of halogens is 4. The van der Waals surface area contributed by atoms with Crippen molar-refractivity contribution in [1.82, 2.24) is 4.98 Å². The summed E-state index contributed by atoms with van der Waals surface area (Å²) in [4.78, 5) is 14.4. The van der Waals surface area contributed by atoms with Crippen molar-refractivity contribution in [2.24, 2.45) is 5.92 Å². The van der Waals surface area contributed by atoms with Crippen LogP contribution in [0.2, 0.25) is 5.02 Å². The van der Waals surface area contributed by atoms with Gasteiger partial charge in [-0.3, -0.25) is 4.79 Å². The molecule has 21 heavy (non-hydrogen) atoms. The maximum Gasteiger partial charge on any atom is 0.418 e. The normalized spacial score (nSPS) is 14.9. The number of alkyl halides is 3. The van der Waals surface area contributed by atoms with Crippen LogP contribution >= 0.6 is 11.6 Å². The van der Waals surface area contributed by atoms with E-state index in [1.165, 1.54) is 18.2 Å². The molecule has 0 bridgehead atoms. The topological polar surface area (TPSA) is 32.9 Å². The number of aromatic amines is 1. The number of rotatable bonds is 0. The summed E-state index contributed by atoms with van der Waals surface area (Å²) in [6.45, 7) is 0. The minimum Gasteiger partial charge on any atom is -0.321 e. The molecule has 0 unspecified atom stereocenters. The van der Waals surface area contributed by atoms with Crippen molar-refractivity contribution in [1.29, 1.82) is 0 Å². The number of hydrogen-bond acceptors (Lipinski definition) is 1. The number of benzene rings is 1. The molecule has 1 aliphatic rings. The van der Waals surface area contributed by atoms with E-state index in [2.05, 4.69) is 16.8 Å². The molecule has 2 aromatic rings. The van der Waals surface area contributed by atoms with Gasteiger partial charge in [-0.05, 0) is 31.0 Å². The van der Waals surface area contributed by atoms with Crippen LogP contribution in [-0.4, -0.2) is 4.98 Å². The highest BCUT2D eigenvalue weighted by Gasteiger charge is 2.37. The number of nitrogens with one attached hydrogen (secondary N) is 1. The van der Waals surface area contributed by atoms with E-state index >= 15 is 0 Å². The fourth-order valence-corrected chi connectivity index (χ4v) is 2.25. The van der Waals surface area contributed by atoms with Gasteiger partial charge in [-0.1, -0.05) is 23.4 Å². The number of pyridine rings is 1. The van der Waals surface area contributed by atoms with Crippen molar-refractivity contribution < 1.29 is 13.2 Å². The van der Waals surface area contributed by atoms with Gasteiger partial charge in [0.2, 0.25) is 0 Å². The van der Waals surface area contributed by atoms with Crippen LogP contribution in [0, 0.1) is 17.8 Å². The second kappa shape index (κ2) is 4.81. The molecule has 0 amide bonds. The zero-order valence-corrected chi connectivity index (χ0v) is 11.4. The Morgan fingerprint density at radius 1 is 1.29 bits per heavy atom. The molecule has 6 heteroatoms. The van der Waals surface area contributed by atoms with E-state index in [4.69, 9.17) is 11.6 Å². The van der Waals surface area contributed by atoms with Crippen molar-refractivity contribution in [3.05, 3.63) is 44.7 Å². The molecule has 0 atom stereocenters. The Labute approximate surface area is 122 Å². The van der Waals surface area contributed by atoms with Gasteiger partial charge in [0.25, 0.3) is 5.56 Å². The molecule has 1 saturated carbocycles. The summed E-state index contributed by atoms with van der Waals surface area (Å²) in [6.07, 6.45) is -2.94. The van der Waals surface area contributed by atoms with Gasteiger partial charge in [0.1, 0.15) is 5.56 Å². The molecule has 3 rings (SSSR count). The lowest BCUT2D eigenvalue weighted by atomic mass is 10.0. The Morgan fingerprint density at radius 3 is 2.62 bits per heavy atom. The molecule has 1 heterocycles. The molecule has 1 aliphatic carbocycles. The van der Waals surface area contributed by atoms with Gasteiger partial charge >= 0.3 is 6.18 Å². The number of fused-ring (bicyclic) bond motifs is 1. The summed E-state index contributed by atoms with van der Waals surface area (Å²) >= 11 is 5.77. The van der Waals surface area contributed by atoms with Crippen LogP contribution in [0.15, 0.2) is 23.0 Å². The highest BCUT2D eigenvalue weighted by atomic mass is 35.5. The predicted molar refractivity (Wildman–Crippen MR) is 74.2 cm³/mol. The third-order valence-electron chi connectivity index (χ3n) is 3.24. The first-order chi connectivity index (χ1) is 9.86. The monoisotopic (exact) mass is 311 g/mol. The summed E-state index contributed by atoms with van der Waals surface area (Å²) in [6, 6.07) is 3.97. The Bertz CT molecular complexity index is 838. The lowest BCUT2D eigenvalue weighted by Gasteiger charge is -2.12. The molecule has 108 valence electrons. The Hall–Kier alpha value is -1.93. The lowest BCUT2D eigenvalue weighted by Crippen LogP contribution is -2.19. The molecule has 2 nitrogen and oxygen atoms in total. The Kier molecular flexibility index (Phi) is 3.22. The van der Waals surface area contributed by atoms with Crippen molar-refractivity contribution in [2.45, 2.75) is 19.0 Å². The maximum absolute atomic E-state index is 13.4. The van der Waals surface area contributed by atoms with Gasteiger partial charge in [-0.15, -0.1) is 0 Å². The van der Waals surface area contributed by atoms with E-state index in [9.17, 15) is 18.0 Å². The van der Waals surface area contributed by atoms with E-state index < -0.39 is 22.9 Å². The first kappa shape index (κ1) is 14.0. The van der Waals surface area contributed by atoms with Crippen molar-refractivity contribution in [2.75, 3.05) is 0 Å². The molecule has 0 radical (unpaired) electrons. The van der Waals surface area contributed by atoms with Gasteiger partial charge in [0.15, 0.2) is 0 Å². The van der Waals surface area contributed by atoms with Crippen LogP contribution < -0.4 is 5.56 Å². The predicted octanol–water partition coefficient (Wildman–Crippen LogP) is 3.96. The van der Waals surface area contributed by atoms with E-state index in [0.29, 0.717) is 0 Å². The van der Waals surface area contributed by atoms with Gasteiger partial charge in [-0.2, -0.15) is 13.2 Å². The zero-order valence-electron chi connectivity index (χ0n) is 10.6. The number of H-pyrrole nitrogens is 1. The molecular formula is C15H9ClF3NO. The molecule has 0 saturated heterocycles. The standard InChI is InChI=1S/C15H9ClF3NO/c16-9-4-6-12-11(7-9)13(15(17,18)19)10(14(21)20-12)5-3-8-1-2-8/h4,6-8H,1-2H2,(H,20,21). The Morgan fingerprint density at radius 2 is 2.00 bits per heavy atom. The van der Waals surface area contributed by atoms with Crippen LogP contribution in [0.3, 0.4) is 0 Å². The third kappa shape index (κ3) is 2.77. The quantitative estimate of drug-likeness (QED) is 0.734. The number of aromatic nitrogens is 1. The minimum atomic E-state index is -4.68. The molecule has 0 aliphatic heterocycles. The lowest BCUT2D eigenvalue weighted by molar-refractivity contribution is -0.136. The molecule has 0 spiro atoms. The van der Waals surface area contributed by atoms with Crippen LogP contribution in [0.1, 0.15) is 24.0 Å². The van der Waals surface area contributed by atoms with E-state index in [1.807, 2.05) is 0 Å². The molecule has 1 N–H and O–H groups in total. The summed E-state index contributed by atoms with van der Waals surface area (Å²) in [5.74, 6) is 5.21. The molecule has 1 aromatic heterocycles. The average Bonchev–Trinajstić information content (AvgIpc) is 3.19. The largest absolute Gasteiger partial charge is 0.418 e.